The van der Waals surface area contributed by atoms with E-state index in [9.17, 15) is 13.2 Å². The second-order valence-corrected chi connectivity index (χ2v) is 6.20. The summed E-state index contributed by atoms with van der Waals surface area (Å²) < 4.78 is 42.5. The highest BCUT2D eigenvalue weighted by atomic mass is 19.1. The number of hydrogen-bond donors (Lipinski definition) is 2. The summed E-state index contributed by atoms with van der Waals surface area (Å²) in [6.07, 6.45) is -0.601. The Morgan fingerprint density at radius 3 is 2.67 bits per heavy atom. The predicted octanol–water partition coefficient (Wildman–Crippen LogP) is 4.53. The van der Waals surface area contributed by atoms with E-state index in [2.05, 4.69) is 10.3 Å². The van der Waals surface area contributed by atoms with Gasteiger partial charge in [0.1, 0.15) is 17.8 Å². The lowest BCUT2D eigenvalue weighted by Gasteiger charge is -2.27. The van der Waals surface area contributed by atoms with E-state index >= 15 is 0 Å². The monoisotopic (exact) mass is 330 g/mol. The van der Waals surface area contributed by atoms with Crippen LogP contribution in [0.4, 0.5) is 13.2 Å². The highest BCUT2D eigenvalue weighted by Crippen LogP contribution is 2.40. The Labute approximate surface area is 137 Å². The number of benzene rings is 2. The van der Waals surface area contributed by atoms with Crippen LogP contribution in [0.5, 0.6) is 0 Å². The molecule has 2 N–H and O–H groups in total. The number of alkyl halides is 1. The van der Waals surface area contributed by atoms with Crippen molar-refractivity contribution in [3.05, 3.63) is 59.7 Å². The molecule has 1 aliphatic rings. The molecule has 0 bridgehead atoms. The van der Waals surface area contributed by atoms with Crippen molar-refractivity contribution < 1.29 is 13.2 Å². The van der Waals surface area contributed by atoms with Crippen LogP contribution in [0.25, 0.3) is 22.2 Å². The molecule has 2 unspecified atom stereocenters. The largest absolute Gasteiger partial charge is 0.354 e. The zero-order chi connectivity index (χ0) is 16.7. The Hall–Kier alpha value is -2.27. The summed E-state index contributed by atoms with van der Waals surface area (Å²) in [5.41, 5.74) is 2.18. The number of fused-ring (bicyclic) bond motifs is 1. The summed E-state index contributed by atoms with van der Waals surface area (Å²) in [7, 11) is 0. The molecule has 2 aromatic carbocycles. The third-order valence-electron chi connectivity index (χ3n) is 4.71. The maximum Gasteiger partial charge on any atom is 0.132 e. The van der Waals surface area contributed by atoms with E-state index in [4.69, 9.17) is 0 Å². The Balaban J connectivity index is 1.98. The molecular formula is C19H17F3N2. The first-order valence-corrected chi connectivity index (χ1v) is 8.06. The predicted molar refractivity (Wildman–Crippen MR) is 88.8 cm³/mol. The van der Waals surface area contributed by atoms with Crippen molar-refractivity contribution in [2.24, 2.45) is 0 Å². The third kappa shape index (κ3) is 2.49. The standard InChI is InChI=1S/C19H17F3N2/c20-11-5-6-13-17(9-11)24-19(12-3-1-2-4-15(12)21)18(13)14-10-23-8-7-16(14)22/h1-6,9,14,16,23-24H,7-8,10H2. The average molecular weight is 330 g/mol. The van der Waals surface area contributed by atoms with Gasteiger partial charge >= 0.3 is 0 Å². The summed E-state index contributed by atoms with van der Waals surface area (Å²) >= 11 is 0. The molecule has 124 valence electrons. The minimum atomic E-state index is -1.01. The second-order valence-electron chi connectivity index (χ2n) is 6.20. The third-order valence-corrected chi connectivity index (χ3v) is 4.71. The molecule has 2 nitrogen and oxygen atoms in total. The Kier molecular flexibility index (Phi) is 3.81. The molecule has 0 amide bonds. The molecule has 24 heavy (non-hydrogen) atoms. The fourth-order valence-electron chi connectivity index (χ4n) is 3.56. The molecular weight excluding hydrogens is 313 g/mol. The zero-order valence-corrected chi connectivity index (χ0v) is 13.0. The van der Waals surface area contributed by atoms with Crippen molar-refractivity contribution in [2.75, 3.05) is 13.1 Å². The summed E-state index contributed by atoms with van der Waals surface area (Å²) in [5, 5.41) is 3.94. The normalized spacial score (nSPS) is 21.3. The van der Waals surface area contributed by atoms with Gasteiger partial charge in [0.2, 0.25) is 0 Å². The number of aromatic nitrogens is 1. The van der Waals surface area contributed by atoms with E-state index in [1.807, 2.05) is 0 Å². The minimum Gasteiger partial charge on any atom is -0.354 e. The van der Waals surface area contributed by atoms with E-state index in [1.54, 1.807) is 24.3 Å². The summed E-state index contributed by atoms with van der Waals surface area (Å²) in [6.45, 7) is 1.11. The molecule has 0 radical (unpaired) electrons. The maximum atomic E-state index is 14.6. The number of rotatable bonds is 2. The van der Waals surface area contributed by atoms with Crippen LogP contribution in [-0.2, 0) is 0 Å². The van der Waals surface area contributed by atoms with Gasteiger partial charge in [-0.05, 0) is 48.9 Å². The molecule has 2 atom stereocenters. The van der Waals surface area contributed by atoms with Crippen LogP contribution in [0, 0.1) is 11.6 Å². The van der Waals surface area contributed by atoms with Gasteiger partial charge in [0.15, 0.2) is 0 Å². The van der Waals surface area contributed by atoms with Crippen molar-refractivity contribution >= 4 is 10.9 Å². The number of H-pyrrole nitrogens is 1. The molecule has 1 aliphatic heterocycles. The molecule has 0 aliphatic carbocycles. The molecule has 1 saturated heterocycles. The molecule has 2 heterocycles. The molecule has 5 heteroatoms. The van der Waals surface area contributed by atoms with Gasteiger partial charge in [0.25, 0.3) is 0 Å². The molecule has 0 spiro atoms. The second kappa shape index (κ2) is 5.98. The fraction of sp³-hybridized carbons (Fsp3) is 0.263. The van der Waals surface area contributed by atoms with Gasteiger partial charge in [-0.25, -0.2) is 13.2 Å². The lowest BCUT2D eigenvalue weighted by atomic mass is 9.86. The van der Waals surface area contributed by atoms with Crippen molar-refractivity contribution in [1.29, 1.82) is 0 Å². The Morgan fingerprint density at radius 1 is 1.04 bits per heavy atom. The van der Waals surface area contributed by atoms with Crippen LogP contribution in [0.1, 0.15) is 17.9 Å². The quantitative estimate of drug-likeness (QED) is 0.710. The van der Waals surface area contributed by atoms with E-state index < -0.39 is 12.1 Å². The van der Waals surface area contributed by atoms with Gasteiger partial charge in [-0.1, -0.05) is 12.1 Å². The summed E-state index contributed by atoms with van der Waals surface area (Å²) in [5.74, 6) is -1.16. The highest BCUT2D eigenvalue weighted by Gasteiger charge is 2.31. The van der Waals surface area contributed by atoms with Crippen molar-refractivity contribution in [2.45, 2.75) is 18.5 Å². The van der Waals surface area contributed by atoms with Gasteiger partial charge in [-0.3, -0.25) is 0 Å². The number of halogens is 3. The van der Waals surface area contributed by atoms with Crippen molar-refractivity contribution in [3.8, 4) is 11.3 Å². The van der Waals surface area contributed by atoms with Crippen LogP contribution in [0.2, 0.25) is 0 Å². The summed E-state index contributed by atoms with van der Waals surface area (Å²) in [4.78, 5) is 3.11. The Bertz CT molecular complexity index is 887. The molecule has 3 aromatic rings. The van der Waals surface area contributed by atoms with Crippen molar-refractivity contribution in [3.63, 3.8) is 0 Å². The smallest absolute Gasteiger partial charge is 0.132 e. The molecule has 1 fully saturated rings. The molecule has 1 aromatic heterocycles. The molecule has 4 rings (SSSR count). The fourth-order valence-corrected chi connectivity index (χ4v) is 3.56. The number of nitrogens with one attached hydrogen (secondary N) is 2. The minimum absolute atomic E-state index is 0.377. The van der Waals surface area contributed by atoms with E-state index in [1.165, 1.54) is 18.2 Å². The SMILES string of the molecule is Fc1ccc2c(C3CNCCC3F)c(-c3ccccc3F)[nH]c2c1. The first-order valence-electron chi connectivity index (χ1n) is 8.06. The van der Waals surface area contributed by atoms with E-state index in [0.29, 0.717) is 36.3 Å². The topological polar surface area (TPSA) is 27.8 Å². The summed E-state index contributed by atoms with van der Waals surface area (Å²) in [6, 6.07) is 10.7. The van der Waals surface area contributed by atoms with E-state index in [-0.39, 0.29) is 11.6 Å². The van der Waals surface area contributed by atoms with Crippen molar-refractivity contribution in [1.82, 2.24) is 10.3 Å². The van der Waals surface area contributed by atoms with Gasteiger partial charge in [-0.15, -0.1) is 0 Å². The highest BCUT2D eigenvalue weighted by molar-refractivity contribution is 5.91. The molecule has 0 saturated carbocycles. The maximum absolute atomic E-state index is 14.6. The zero-order valence-electron chi connectivity index (χ0n) is 13.0. The van der Waals surface area contributed by atoms with E-state index in [0.717, 1.165) is 10.9 Å². The Morgan fingerprint density at radius 2 is 1.88 bits per heavy atom. The lowest BCUT2D eigenvalue weighted by molar-refractivity contribution is 0.229. The van der Waals surface area contributed by atoms with Crippen LogP contribution in [-0.4, -0.2) is 24.2 Å². The van der Waals surface area contributed by atoms with Gasteiger partial charge < -0.3 is 10.3 Å². The van der Waals surface area contributed by atoms with Crippen LogP contribution >= 0.6 is 0 Å². The van der Waals surface area contributed by atoms with Gasteiger partial charge in [0, 0.05) is 28.9 Å². The first-order chi connectivity index (χ1) is 11.6. The lowest BCUT2D eigenvalue weighted by Crippen LogP contribution is -2.36. The van der Waals surface area contributed by atoms with Gasteiger partial charge in [-0.2, -0.15) is 0 Å². The number of hydrogen-bond acceptors (Lipinski definition) is 1. The van der Waals surface area contributed by atoms with Crippen LogP contribution in [0.3, 0.4) is 0 Å². The van der Waals surface area contributed by atoms with Crippen LogP contribution < -0.4 is 5.32 Å². The average Bonchev–Trinajstić information content (AvgIpc) is 2.93. The number of aromatic amines is 1. The first kappa shape index (κ1) is 15.3. The van der Waals surface area contributed by atoms with Gasteiger partial charge in [0.05, 0.1) is 5.69 Å². The number of piperidine rings is 1. The van der Waals surface area contributed by atoms with Crippen LogP contribution in [0.15, 0.2) is 42.5 Å².